The van der Waals surface area contributed by atoms with Crippen LogP contribution in [0.4, 0.5) is 21.5 Å². The van der Waals surface area contributed by atoms with Crippen LogP contribution < -0.4 is 19.7 Å². The first kappa shape index (κ1) is 48.9. The van der Waals surface area contributed by atoms with E-state index in [2.05, 4.69) is 58.4 Å². The van der Waals surface area contributed by atoms with Crippen molar-refractivity contribution in [2.24, 2.45) is 0 Å². The van der Waals surface area contributed by atoms with Crippen LogP contribution in [0.1, 0.15) is 22.3 Å². The van der Waals surface area contributed by atoms with Crippen LogP contribution >= 0.6 is 23.2 Å². The summed E-state index contributed by atoms with van der Waals surface area (Å²) in [5.74, 6) is 0.108. The molecule has 2 aliphatic rings. The van der Waals surface area contributed by atoms with E-state index in [-0.39, 0.29) is 47.0 Å². The van der Waals surface area contributed by atoms with Gasteiger partial charge in [-0.15, -0.1) is 23.2 Å². The number of nitro groups is 2. The number of fused-ring (bicyclic) bond motifs is 2. The van der Waals surface area contributed by atoms with Gasteiger partial charge in [0, 0.05) is 81.3 Å². The highest BCUT2D eigenvalue weighted by Gasteiger charge is 2.26. The number of alkyl halides is 2. The zero-order valence-electron chi connectivity index (χ0n) is 37.0. The number of likely N-dealkylation sites (N-methyl/N-ethyl adjacent to an activating group) is 2. The van der Waals surface area contributed by atoms with Gasteiger partial charge in [0.15, 0.2) is 11.5 Å². The first-order valence-corrected chi connectivity index (χ1v) is 23.0. The van der Waals surface area contributed by atoms with Crippen molar-refractivity contribution in [1.29, 1.82) is 0 Å². The minimum atomic E-state index is -0.562. The molecule has 12 nitrogen and oxygen atoms in total. The van der Waals surface area contributed by atoms with Gasteiger partial charge >= 0.3 is 11.4 Å². The van der Waals surface area contributed by atoms with Crippen molar-refractivity contribution < 1.29 is 23.7 Å². The quantitative estimate of drug-likeness (QED) is 0.0605. The third-order valence-corrected chi connectivity index (χ3v) is 11.9. The lowest BCUT2D eigenvalue weighted by atomic mass is 9.97. The fourth-order valence-electron chi connectivity index (χ4n) is 8.17. The molecule has 0 radical (unpaired) electrons. The molecule has 344 valence electrons. The lowest BCUT2D eigenvalue weighted by Crippen LogP contribution is -2.44. The SMILES string of the molecule is CN1CCN(c2cc(CCc3cccc4ccccc34)c([N+](=O)[O-])c(OCCCl)c2)CC1.CN1CCNCC1.O=[N+]([O-])c1c(CCc2cccc3ccccc23)cc(F)cc1OCCCl. The second-order valence-corrected chi connectivity index (χ2v) is 16.8. The number of ether oxygens (including phenoxy) is 2. The van der Waals surface area contributed by atoms with Crippen LogP contribution in [0.15, 0.2) is 109 Å². The summed E-state index contributed by atoms with van der Waals surface area (Å²) < 4.78 is 25.0. The Morgan fingerprint density at radius 2 is 1.03 bits per heavy atom. The molecule has 2 heterocycles. The number of hydrogen-bond acceptors (Lipinski definition) is 10. The van der Waals surface area contributed by atoms with Crippen LogP contribution in [-0.2, 0) is 25.7 Å². The van der Waals surface area contributed by atoms with E-state index in [0.29, 0.717) is 42.6 Å². The van der Waals surface area contributed by atoms with Gasteiger partial charge in [0.2, 0.25) is 0 Å². The minimum Gasteiger partial charge on any atom is -0.485 e. The maximum Gasteiger partial charge on any atom is 0.314 e. The second-order valence-electron chi connectivity index (χ2n) is 16.1. The van der Waals surface area contributed by atoms with E-state index >= 15 is 0 Å². The molecular formula is C50H57Cl2FN6O6. The molecule has 6 aromatic carbocycles. The average molecular weight is 928 g/mol. The Kier molecular flexibility index (Phi) is 18.5. The molecule has 65 heavy (non-hydrogen) atoms. The van der Waals surface area contributed by atoms with E-state index in [1.807, 2.05) is 66.7 Å². The molecule has 1 N–H and O–H groups in total. The highest BCUT2D eigenvalue weighted by molar-refractivity contribution is 6.18. The fraction of sp³-hybridized carbons (Fsp3) is 0.360. The Bertz CT molecular complexity index is 2510. The van der Waals surface area contributed by atoms with Crippen molar-refractivity contribution in [3.8, 4) is 11.5 Å². The smallest absolute Gasteiger partial charge is 0.314 e. The van der Waals surface area contributed by atoms with E-state index in [1.54, 1.807) is 6.07 Å². The Morgan fingerprint density at radius 1 is 0.585 bits per heavy atom. The van der Waals surface area contributed by atoms with Gasteiger partial charge in [0.25, 0.3) is 0 Å². The van der Waals surface area contributed by atoms with Gasteiger partial charge in [0.1, 0.15) is 19.0 Å². The van der Waals surface area contributed by atoms with Crippen molar-refractivity contribution in [3.63, 3.8) is 0 Å². The Labute approximate surface area is 390 Å². The van der Waals surface area contributed by atoms with Crippen LogP contribution in [-0.4, -0.2) is 111 Å². The first-order chi connectivity index (χ1) is 31.6. The number of nitro benzene ring substituents is 2. The van der Waals surface area contributed by atoms with E-state index in [4.69, 9.17) is 32.7 Å². The normalized spacial score (nSPS) is 14.3. The van der Waals surface area contributed by atoms with Gasteiger partial charge in [-0.05, 0) is 84.6 Å². The predicted molar refractivity (Wildman–Crippen MR) is 261 cm³/mol. The topological polar surface area (TPSA) is 126 Å². The molecule has 2 fully saturated rings. The number of anilines is 1. The maximum absolute atomic E-state index is 13.9. The van der Waals surface area contributed by atoms with Crippen LogP contribution in [0.5, 0.6) is 11.5 Å². The van der Waals surface area contributed by atoms with Gasteiger partial charge in [-0.3, -0.25) is 20.2 Å². The van der Waals surface area contributed by atoms with E-state index < -0.39 is 10.7 Å². The van der Waals surface area contributed by atoms with Gasteiger partial charge in [-0.1, -0.05) is 84.9 Å². The van der Waals surface area contributed by atoms with Gasteiger partial charge < -0.3 is 29.5 Å². The largest absolute Gasteiger partial charge is 0.485 e. The molecule has 0 atom stereocenters. The summed E-state index contributed by atoms with van der Waals surface area (Å²) in [5.41, 5.74) is 4.08. The molecule has 2 saturated heterocycles. The number of halogens is 3. The minimum absolute atomic E-state index is 0.0493. The van der Waals surface area contributed by atoms with Crippen LogP contribution in [0.2, 0.25) is 0 Å². The summed E-state index contributed by atoms with van der Waals surface area (Å²) in [6.07, 6.45) is 2.16. The third-order valence-electron chi connectivity index (χ3n) is 11.6. The molecule has 6 aromatic rings. The fourth-order valence-corrected chi connectivity index (χ4v) is 8.33. The molecule has 0 unspecified atom stereocenters. The summed E-state index contributed by atoms with van der Waals surface area (Å²) in [4.78, 5) is 29.6. The summed E-state index contributed by atoms with van der Waals surface area (Å²) >= 11 is 11.4. The highest BCUT2D eigenvalue weighted by Crippen LogP contribution is 2.38. The van der Waals surface area contributed by atoms with E-state index in [1.165, 1.54) is 35.5 Å². The molecule has 0 aromatic heterocycles. The number of nitrogens with one attached hydrogen (secondary N) is 1. The molecule has 0 bridgehead atoms. The number of nitrogens with zero attached hydrogens (tertiary/aromatic N) is 5. The average Bonchev–Trinajstić information content (AvgIpc) is 3.31. The second kappa shape index (κ2) is 24.6. The Balaban J connectivity index is 0.000000190. The molecule has 0 saturated carbocycles. The van der Waals surface area contributed by atoms with Crippen molar-refractivity contribution >= 4 is 61.8 Å². The number of aryl methyl sites for hydroxylation is 4. The van der Waals surface area contributed by atoms with Crippen LogP contribution in [0, 0.1) is 26.0 Å². The van der Waals surface area contributed by atoms with Crippen molar-refractivity contribution in [2.45, 2.75) is 25.7 Å². The summed E-state index contributed by atoms with van der Waals surface area (Å²) in [6.45, 7) is 8.73. The van der Waals surface area contributed by atoms with Gasteiger partial charge in [0.05, 0.1) is 21.6 Å². The molecular weight excluding hydrogens is 870 g/mol. The number of rotatable bonds is 15. The van der Waals surface area contributed by atoms with E-state index in [9.17, 15) is 24.6 Å². The summed E-state index contributed by atoms with van der Waals surface area (Å²) in [7, 11) is 4.26. The molecule has 0 amide bonds. The number of hydrogen-bond donors (Lipinski definition) is 1. The lowest BCUT2D eigenvalue weighted by Gasteiger charge is -2.34. The molecule has 15 heteroatoms. The molecule has 0 aliphatic carbocycles. The first-order valence-electron chi connectivity index (χ1n) is 22.0. The van der Waals surface area contributed by atoms with Gasteiger partial charge in [-0.25, -0.2) is 4.39 Å². The summed E-state index contributed by atoms with van der Waals surface area (Å²) in [6, 6.07) is 34.4. The van der Waals surface area contributed by atoms with Crippen LogP contribution in [0.25, 0.3) is 21.5 Å². The monoisotopic (exact) mass is 926 g/mol. The number of piperazine rings is 2. The predicted octanol–water partition coefficient (Wildman–Crippen LogP) is 9.71. The Morgan fingerprint density at radius 3 is 1.51 bits per heavy atom. The Hall–Kier alpha value is -5.57. The third kappa shape index (κ3) is 13.7. The number of benzene rings is 6. The van der Waals surface area contributed by atoms with Crippen molar-refractivity contribution in [3.05, 3.63) is 157 Å². The van der Waals surface area contributed by atoms with Crippen molar-refractivity contribution in [2.75, 3.05) is 96.3 Å². The maximum atomic E-state index is 13.9. The van der Waals surface area contributed by atoms with Crippen molar-refractivity contribution in [1.82, 2.24) is 15.1 Å². The molecule has 8 rings (SSSR count). The lowest BCUT2D eigenvalue weighted by molar-refractivity contribution is -0.386. The van der Waals surface area contributed by atoms with E-state index in [0.717, 1.165) is 67.4 Å². The summed E-state index contributed by atoms with van der Waals surface area (Å²) in [5, 5.41) is 31.4. The zero-order chi connectivity index (χ0) is 46.1. The van der Waals surface area contributed by atoms with Crippen LogP contribution in [0.3, 0.4) is 0 Å². The highest BCUT2D eigenvalue weighted by atomic mass is 35.5. The van der Waals surface area contributed by atoms with Gasteiger partial charge in [-0.2, -0.15) is 0 Å². The molecule has 2 aliphatic heterocycles. The standard InChI is InChI=1S/C25H28ClN3O3.C20H17ClFNO3.C5H12N2/c1-27-12-14-28(15-13-27)22-17-21(25(29(30)31)24(18-22)32-16-11-26)10-9-20-7-4-6-19-5-2-3-8-23(19)20;21-10-11-26-19-13-17(22)12-16(20(19)23(24)25)9-8-15-6-3-5-14-4-1-2-7-18(14)15;1-7-4-2-6-3-5-7/h2-8,17-18H,9-16H2,1H3;1-7,12-13H,8-11H2;6H,2-5H2,1H3. The zero-order valence-corrected chi connectivity index (χ0v) is 38.5. The molecule has 0 spiro atoms.